The standard InChI is InChI=1S/C29H52O/c1-7-8-20(2)9-10-21(3)24-13-14-25-23-12-11-22-19-27(4,30)17-18-28(22,5)26(23)15-16-29(24,25)6/h20-26,30H,7-19H2,1-6H3/t20-,21+,22?,23-,24+,25?,26?,27-,28-,29+/m0/s1. The van der Waals surface area contributed by atoms with Gasteiger partial charge in [-0.25, -0.2) is 0 Å². The molecule has 1 N–H and O–H groups in total. The molecule has 3 unspecified atom stereocenters. The van der Waals surface area contributed by atoms with Gasteiger partial charge >= 0.3 is 0 Å². The van der Waals surface area contributed by atoms with Gasteiger partial charge in [0.1, 0.15) is 0 Å². The Balaban J connectivity index is 1.45. The third kappa shape index (κ3) is 3.92. The summed E-state index contributed by atoms with van der Waals surface area (Å²) in [5, 5.41) is 10.7. The molecule has 4 saturated carbocycles. The van der Waals surface area contributed by atoms with Gasteiger partial charge in [0, 0.05) is 0 Å². The van der Waals surface area contributed by atoms with Gasteiger partial charge in [-0.15, -0.1) is 0 Å². The smallest absolute Gasteiger partial charge is 0.0622 e. The Kier molecular flexibility index (Phi) is 6.47. The maximum absolute atomic E-state index is 10.7. The lowest BCUT2D eigenvalue weighted by molar-refractivity contribution is -0.148. The Bertz CT molecular complexity index is 595. The zero-order valence-corrected chi connectivity index (χ0v) is 21.2. The highest BCUT2D eigenvalue weighted by molar-refractivity contribution is 5.10. The van der Waals surface area contributed by atoms with Gasteiger partial charge in [-0.05, 0) is 117 Å². The fraction of sp³-hybridized carbons (Fsp3) is 1.00. The third-order valence-electron chi connectivity index (χ3n) is 11.6. The van der Waals surface area contributed by atoms with E-state index in [1.165, 1.54) is 70.6 Å². The summed E-state index contributed by atoms with van der Waals surface area (Å²) in [4.78, 5) is 0. The fourth-order valence-electron chi connectivity index (χ4n) is 9.79. The van der Waals surface area contributed by atoms with Crippen LogP contribution in [0.1, 0.15) is 125 Å². The highest BCUT2D eigenvalue weighted by atomic mass is 16.3. The van der Waals surface area contributed by atoms with E-state index in [0.29, 0.717) is 10.8 Å². The monoisotopic (exact) mass is 416 g/mol. The Labute approximate surface area is 188 Å². The van der Waals surface area contributed by atoms with E-state index >= 15 is 0 Å². The quantitative estimate of drug-likeness (QED) is 0.462. The summed E-state index contributed by atoms with van der Waals surface area (Å²) in [5.74, 6) is 6.45. The molecule has 0 aliphatic heterocycles. The molecule has 174 valence electrons. The summed E-state index contributed by atoms with van der Waals surface area (Å²) in [7, 11) is 0. The first-order chi connectivity index (χ1) is 14.1. The summed E-state index contributed by atoms with van der Waals surface area (Å²) in [5.41, 5.74) is 0.715. The molecule has 4 fully saturated rings. The predicted octanol–water partition coefficient (Wildman–Crippen LogP) is 8.25. The predicted molar refractivity (Wildman–Crippen MR) is 128 cm³/mol. The molecule has 0 spiro atoms. The molecule has 0 aromatic carbocycles. The molecule has 0 aromatic heterocycles. The molecule has 1 nitrogen and oxygen atoms in total. The van der Waals surface area contributed by atoms with E-state index in [4.69, 9.17) is 0 Å². The van der Waals surface area contributed by atoms with Crippen molar-refractivity contribution in [3.05, 3.63) is 0 Å². The van der Waals surface area contributed by atoms with Crippen LogP contribution in [0.5, 0.6) is 0 Å². The van der Waals surface area contributed by atoms with Gasteiger partial charge in [-0.1, -0.05) is 60.3 Å². The van der Waals surface area contributed by atoms with E-state index in [-0.39, 0.29) is 0 Å². The Morgan fingerprint density at radius 3 is 2.27 bits per heavy atom. The molecule has 0 heterocycles. The van der Waals surface area contributed by atoms with Gasteiger partial charge in [0.15, 0.2) is 0 Å². The topological polar surface area (TPSA) is 20.2 Å². The maximum atomic E-state index is 10.7. The highest BCUT2D eigenvalue weighted by Gasteiger charge is 2.61. The Morgan fingerprint density at radius 2 is 1.53 bits per heavy atom. The van der Waals surface area contributed by atoms with E-state index < -0.39 is 5.60 Å². The second-order valence-corrected chi connectivity index (χ2v) is 13.5. The summed E-state index contributed by atoms with van der Waals surface area (Å²) in [6.45, 7) is 14.9. The molecule has 4 aliphatic carbocycles. The summed E-state index contributed by atoms with van der Waals surface area (Å²) in [6, 6.07) is 0. The Hall–Kier alpha value is -0.0400. The van der Waals surface area contributed by atoms with Crippen molar-refractivity contribution >= 4 is 0 Å². The van der Waals surface area contributed by atoms with E-state index in [9.17, 15) is 5.11 Å². The molecule has 0 saturated heterocycles. The van der Waals surface area contributed by atoms with Crippen molar-refractivity contribution in [1.29, 1.82) is 0 Å². The van der Waals surface area contributed by atoms with Crippen molar-refractivity contribution in [2.45, 2.75) is 131 Å². The van der Waals surface area contributed by atoms with Crippen molar-refractivity contribution in [2.24, 2.45) is 52.3 Å². The number of aliphatic hydroxyl groups is 1. The number of rotatable bonds is 6. The van der Waals surface area contributed by atoms with Crippen molar-refractivity contribution in [3.63, 3.8) is 0 Å². The van der Waals surface area contributed by atoms with Gasteiger partial charge in [0.25, 0.3) is 0 Å². The normalized spacial score (nSPS) is 50.3. The van der Waals surface area contributed by atoms with Crippen LogP contribution in [0, 0.1) is 52.3 Å². The lowest BCUT2D eigenvalue weighted by Crippen LogP contribution is -2.55. The van der Waals surface area contributed by atoms with Crippen LogP contribution in [0.25, 0.3) is 0 Å². The first kappa shape index (κ1) is 23.1. The van der Waals surface area contributed by atoms with Crippen LogP contribution < -0.4 is 0 Å². The van der Waals surface area contributed by atoms with Crippen LogP contribution in [0.15, 0.2) is 0 Å². The third-order valence-corrected chi connectivity index (χ3v) is 11.6. The van der Waals surface area contributed by atoms with Gasteiger partial charge in [0.2, 0.25) is 0 Å². The number of fused-ring (bicyclic) bond motifs is 5. The molecule has 0 amide bonds. The molecule has 30 heavy (non-hydrogen) atoms. The van der Waals surface area contributed by atoms with Crippen molar-refractivity contribution in [3.8, 4) is 0 Å². The number of hydrogen-bond donors (Lipinski definition) is 1. The minimum absolute atomic E-state index is 0.400. The van der Waals surface area contributed by atoms with Gasteiger partial charge in [-0.3, -0.25) is 0 Å². The van der Waals surface area contributed by atoms with E-state index in [2.05, 4.69) is 41.5 Å². The SMILES string of the molecule is CCC[C@H](C)CC[C@@H](C)[C@H]1CCC2[C@@H]3CCC4C[C@@](C)(O)CC[C@]4(C)C3CC[C@@]21C. The largest absolute Gasteiger partial charge is 0.390 e. The zero-order chi connectivity index (χ0) is 21.7. The summed E-state index contributed by atoms with van der Waals surface area (Å²) < 4.78 is 0. The zero-order valence-electron chi connectivity index (χ0n) is 21.2. The van der Waals surface area contributed by atoms with Crippen molar-refractivity contribution < 1.29 is 5.11 Å². The molecule has 4 rings (SSSR count). The van der Waals surface area contributed by atoms with Crippen LogP contribution in [0.2, 0.25) is 0 Å². The molecule has 0 radical (unpaired) electrons. The molecular formula is C29H52O. The first-order valence-electron chi connectivity index (χ1n) is 13.8. The lowest BCUT2D eigenvalue weighted by Gasteiger charge is -2.62. The molecule has 1 heteroatoms. The maximum Gasteiger partial charge on any atom is 0.0622 e. The van der Waals surface area contributed by atoms with Gasteiger partial charge < -0.3 is 5.11 Å². The molecule has 4 aliphatic rings. The van der Waals surface area contributed by atoms with Crippen molar-refractivity contribution in [1.82, 2.24) is 0 Å². The minimum Gasteiger partial charge on any atom is -0.390 e. The molecule has 0 aromatic rings. The Morgan fingerprint density at radius 1 is 0.800 bits per heavy atom. The molecule has 0 bridgehead atoms. The minimum atomic E-state index is -0.400. The van der Waals surface area contributed by atoms with Crippen LogP contribution >= 0.6 is 0 Å². The van der Waals surface area contributed by atoms with Crippen LogP contribution in [0.4, 0.5) is 0 Å². The fourth-order valence-corrected chi connectivity index (χ4v) is 9.79. The van der Waals surface area contributed by atoms with Gasteiger partial charge in [-0.2, -0.15) is 0 Å². The first-order valence-corrected chi connectivity index (χ1v) is 13.8. The second-order valence-electron chi connectivity index (χ2n) is 13.5. The van der Waals surface area contributed by atoms with Crippen molar-refractivity contribution in [2.75, 3.05) is 0 Å². The van der Waals surface area contributed by atoms with Crippen LogP contribution in [-0.4, -0.2) is 10.7 Å². The van der Waals surface area contributed by atoms with E-state index in [1.807, 2.05) is 0 Å². The van der Waals surface area contributed by atoms with Crippen LogP contribution in [-0.2, 0) is 0 Å². The highest BCUT2D eigenvalue weighted by Crippen LogP contribution is 2.68. The van der Waals surface area contributed by atoms with E-state index in [1.54, 1.807) is 0 Å². The average molecular weight is 417 g/mol. The molecular weight excluding hydrogens is 364 g/mol. The van der Waals surface area contributed by atoms with Crippen LogP contribution in [0.3, 0.4) is 0 Å². The number of hydrogen-bond acceptors (Lipinski definition) is 1. The van der Waals surface area contributed by atoms with E-state index in [0.717, 1.165) is 54.3 Å². The summed E-state index contributed by atoms with van der Waals surface area (Å²) in [6.07, 6.45) is 17.8. The summed E-state index contributed by atoms with van der Waals surface area (Å²) >= 11 is 0. The average Bonchev–Trinajstić information content (AvgIpc) is 3.04. The second kappa shape index (κ2) is 8.39. The molecule has 10 atom stereocenters. The lowest BCUT2D eigenvalue weighted by atomic mass is 9.43. The van der Waals surface area contributed by atoms with Gasteiger partial charge in [0.05, 0.1) is 5.60 Å².